The van der Waals surface area contributed by atoms with Gasteiger partial charge in [-0.15, -0.1) is 0 Å². The summed E-state index contributed by atoms with van der Waals surface area (Å²) in [5.74, 6) is 5.39. The average Bonchev–Trinajstić information content (AvgIpc) is 2.07. The minimum Gasteiger partial charge on any atom is -0.379 e. The van der Waals surface area contributed by atoms with E-state index in [0.717, 1.165) is 26.3 Å². The monoisotopic (exact) mass is 154 g/mol. The van der Waals surface area contributed by atoms with Crippen LogP contribution in [0.15, 0.2) is 0 Å². The van der Waals surface area contributed by atoms with Crippen molar-refractivity contribution in [3.8, 4) is 12.1 Å². The van der Waals surface area contributed by atoms with Crippen LogP contribution in [0.2, 0.25) is 0 Å². The maximum atomic E-state index is 7.26. The highest BCUT2D eigenvalue weighted by Gasteiger charge is 2.02. The average molecular weight is 154 g/mol. The van der Waals surface area contributed by atoms with Crippen LogP contribution in [0.1, 0.15) is 0 Å². The van der Waals surface area contributed by atoms with Crippen molar-refractivity contribution in [3.05, 3.63) is 0 Å². The summed E-state index contributed by atoms with van der Waals surface area (Å²) in [4.78, 5) is 0. The third kappa shape index (κ3) is 6.75. The molecule has 2 N–H and O–H groups in total. The molecule has 0 spiro atoms. The smallest absolute Gasteiger partial charge is 0.181 e. The fourth-order valence-corrected chi connectivity index (χ4v) is 0.577. The normalized spacial score (nSPS) is 17.0. The lowest BCUT2D eigenvalue weighted by Gasteiger charge is -2.20. The van der Waals surface area contributed by atoms with E-state index in [4.69, 9.17) is 21.1 Å². The van der Waals surface area contributed by atoms with Crippen LogP contribution in [-0.2, 0) is 4.74 Å². The lowest BCUT2D eigenvalue weighted by atomic mass is 10.5. The summed E-state index contributed by atoms with van der Waals surface area (Å²) >= 11 is 0. The molecule has 0 saturated carbocycles. The Bertz CT molecular complexity index is 150. The lowest BCUT2D eigenvalue weighted by molar-refractivity contribution is 0.0378. The van der Waals surface area contributed by atoms with E-state index in [1.807, 2.05) is 0 Å². The maximum absolute atomic E-state index is 7.26. The zero-order valence-electron chi connectivity index (χ0n) is 6.16. The van der Waals surface area contributed by atoms with E-state index in [0.29, 0.717) is 0 Å². The quantitative estimate of drug-likeness (QED) is 0.463. The van der Waals surface area contributed by atoms with Gasteiger partial charge < -0.3 is 4.74 Å². The van der Waals surface area contributed by atoms with Gasteiger partial charge in [-0.1, -0.05) is 0 Å². The van der Waals surface area contributed by atoms with Crippen molar-refractivity contribution in [2.24, 2.45) is 5.84 Å². The molecular weight excluding hydrogens is 144 g/mol. The molecule has 1 aliphatic rings. The van der Waals surface area contributed by atoms with E-state index in [2.05, 4.69) is 0 Å². The summed E-state index contributed by atoms with van der Waals surface area (Å²) in [6.07, 6.45) is 0. The van der Waals surface area contributed by atoms with Gasteiger partial charge in [-0.25, -0.2) is 5.01 Å². The SMILES string of the molecule is N#CC#N.NN1CCOCC1. The van der Waals surface area contributed by atoms with Crippen molar-refractivity contribution in [2.75, 3.05) is 26.3 Å². The lowest BCUT2D eigenvalue weighted by Crippen LogP contribution is -2.41. The molecule has 1 heterocycles. The summed E-state index contributed by atoms with van der Waals surface area (Å²) in [5.41, 5.74) is 0. The first-order valence-corrected chi connectivity index (χ1v) is 3.17. The highest BCUT2D eigenvalue weighted by Crippen LogP contribution is 1.86. The van der Waals surface area contributed by atoms with Gasteiger partial charge in [-0.3, -0.25) is 5.84 Å². The largest absolute Gasteiger partial charge is 0.379 e. The summed E-state index contributed by atoms with van der Waals surface area (Å²) in [7, 11) is 0. The molecule has 0 unspecified atom stereocenters. The molecule has 0 bridgehead atoms. The Morgan fingerprint density at radius 3 is 1.82 bits per heavy atom. The molecule has 0 aromatic heterocycles. The second-order valence-corrected chi connectivity index (χ2v) is 1.87. The van der Waals surface area contributed by atoms with Crippen LogP contribution in [-0.4, -0.2) is 31.3 Å². The predicted octanol–water partition coefficient (Wildman–Crippen LogP) is -0.774. The van der Waals surface area contributed by atoms with Gasteiger partial charge in [0, 0.05) is 13.1 Å². The van der Waals surface area contributed by atoms with Crippen LogP contribution in [0.25, 0.3) is 0 Å². The van der Waals surface area contributed by atoms with Gasteiger partial charge in [0.1, 0.15) is 0 Å². The highest BCUT2D eigenvalue weighted by molar-refractivity contribution is 4.99. The molecule has 0 aromatic carbocycles. The third-order valence-corrected chi connectivity index (χ3v) is 1.10. The Balaban J connectivity index is 0.000000218. The number of hydrogen-bond donors (Lipinski definition) is 1. The first-order chi connectivity index (χ1) is 5.31. The molecule has 1 aliphatic heterocycles. The second-order valence-electron chi connectivity index (χ2n) is 1.87. The maximum Gasteiger partial charge on any atom is 0.181 e. The molecule has 0 aromatic rings. The van der Waals surface area contributed by atoms with Gasteiger partial charge in [0.05, 0.1) is 13.2 Å². The van der Waals surface area contributed by atoms with Gasteiger partial charge in [0.25, 0.3) is 0 Å². The van der Waals surface area contributed by atoms with E-state index in [1.54, 1.807) is 5.01 Å². The number of rotatable bonds is 0. The van der Waals surface area contributed by atoms with Crippen molar-refractivity contribution >= 4 is 0 Å². The highest BCUT2D eigenvalue weighted by atomic mass is 16.5. The van der Waals surface area contributed by atoms with E-state index in [9.17, 15) is 0 Å². The molecular formula is C6H10N4O. The van der Waals surface area contributed by atoms with Gasteiger partial charge in [0.2, 0.25) is 0 Å². The number of ether oxygens (including phenoxy) is 1. The van der Waals surface area contributed by atoms with E-state index in [-0.39, 0.29) is 0 Å². The first-order valence-electron chi connectivity index (χ1n) is 3.17. The Morgan fingerprint density at radius 1 is 1.18 bits per heavy atom. The summed E-state index contributed by atoms with van der Waals surface area (Å²) in [5, 5.41) is 16.3. The van der Waals surface area contributed by atoms with E-state index in [1.165, 1.54) is 12.1 Å². The Morgan fingerprint density at radius 2 is 1.64 bits per heavy atom. The van der Waals surface area contributed by atoms with E-state index < -0.39 is 0 Å². The number of morpholine rings is 1. The van der Waals surface area contributed by atoms with Gasteiger partial charge in [-0.05, 0) is 0 Å². The zero-order chi connectivity index (χ0) is 8.53. The van der Waals surface area contributed by atoms with Crippen LogP contribution >= 0.6 is 0 Å². The minimum absolute atomic E-state index is 0.788. The van der Waals surface area contributed by atoms with Crippen molar-refractivity contribution in [1.29, 1.82) is 10.5 Å². The standard InChI is InChI=1S/C4H10N2O.C2N2/c5-6-1-3-7-4-2-6;3-1-2-4/h1-5H2;. The number of hydrazine groups is 1. The molecule has 0 amide bonds. The second kappa shape index (κ2) is 6.97. The number of hydrogen-bond acceptors (Lipinski definition) is 5. The molecule has 5 heteroatoms. The van der Waals surface area contributed by atoms with Crippen LogP contribution in [0.4, 0.5) is 0 Å². The first kappa shape index (κ1) is 9.86. The van der Waals surface area contributed by atoms with Gasteiger partial charge in [-0.2, -0.15) is 10.5 Å². The fourth-order valence-electron chi connectivity index (χ4n) is 0.577. The molecule has 60 valence electrons. The van der Waals surface area contributed by atoms with Crippen molar-refractivity contribution in [3.63, 3.8) is 0 Å². The van der Waals surface area contributed by atoms with Crippen molar-refractivity contribution in [2.45, 2.75) is 0 Å². The van der Waals surface area contributed by atoms with Gasteiger partial charge >= 0.3 is 0 Å². The Kier molecular flexibility index (Phi) is 6.25. The fraction of sp³-hybridized carbons (Fsp3) is 0.667. The molecule has 0 aliphatic carbocycles. The Hall–Kier alpha value is -1.14. The Labute approximate surface area is 65.5 Å². The molecule has 5 nitrogen and oxygen atoms in total. The van der Waals surface area contributed by atoms with Gasteiger partial charge in [0.15, 0.2) is 12.1 Å². The summed E-state index contributed by atoms with van der Waals surface area (Å²) in [6.45, 7) is 3.33. The zero-order valence-corrected chi connectivity index (χ0v) is 6.16. The number of nitrogens with zero attached hydrogens (tertiary/aromatic N) is 3. The van der Waals surface area contributed by atoms with Crippen molar-refractivity contribution < 1.29 is 4.74 Å². The number of nitriles is 2. The topological polar surface area (TPSA) is 86.1 Å². The van der Waals surface area contributed by atoms with Crippen LogP contribution in [0, 0.1) is 22.7 Å². The predicted molar refractivity (Wildman–Crippen MR) is 37.8 cm³/mol. The summed E-state index contributed by atoms with van der Waals surface area (Å²) < 4.78 is 5.02. The molecule has 1 fully saturated rings. The third-order valence-electron chi connectivity index (χ3n) is 1.10. The van der Waals surface area contributed by atoms with Crippen molar-refractivity contribution in [1.82, 2.24) is 5.01 Å². The molecule has 0 radical (unpaired) electrons. The minimum atomic E-state index is 0.788. The number of nitrogens with two attached hydrogens (primary N) is 1. The molecule has 11 heavy (non-hydrogen) atoms. The van der Waals surface area contributed by atoms with Crippen LogP contribution in [0.3, 0.4) is 0 Å². The summed E-state index contributed by atoms with van der Waals surface area (Å²) in [6, 6.07) is 2.47. The molecule has 1 saturated heterocycles. The van der Waals surface area contributed by atoms with E-state index >= 15 is 0 Å². The van der Waals surface area contributed by atoms with Crippen LogP contribution in [0.5, 0.6) is 0 Å². The molecule has 0 atom stereocenters. The molecule has 1 rings (SSSR count). The van der Waals surface area contributed by atoms with Crippen LogP contribution < -0.4 is 5.84 Å².